The summed E-state index contributed by atoms with van der Waals surface area (Å²) < 4.78 is 40.5. The maximum atomic E-state index is 13.7. The summed E-state index contributed by atoms with van der Waals surface area (Å²) in [6.07, 6.45) is 1.25. The number of benzene rings is 2. The highest BCUT2D eigenvalue weighted by Crippen LogP contribution is 2.32. The largest absolute Gasteiger partial charge is 0.491 e. The van der Waals surface area contributed by atoms with Crippen molar-refractivity contribution in [3.8, 4) is 16.9 Å². The van der Waals surface area contributed by atoms with Gasteiger partial charge in [-0.15, -0.1) is 0 Å². The van der Waals surface area contributed by atoms with Crippen LogP contribution in [0.25, 0.3) is 22.0 Å². The number of nitrogens with zero attached hydrogens (tertiary/aromatic N) is 2. The molecule has 0 radical (unpaired) electrons. The van der Waals surface area contributed by atoms with Crippen LogP contribution in [-0.4, -0.2) is 61.0 Å². The Labute approximate surface area is 219 Å². The second-order valence-corrected chi connectivity index (χ2v) is 11.1. The van der Waals surface area contributed by atoms with E-state index in [0.29, 0.717) is 21.7 Å². The van der Waals surface area contributed by atoms with Crippen molar-refractivity contribution >= 4 is 38.4 Å². The number of aryl methyl sites for hydroxylation is 1. The van der Waals surface area contributed by atoms with Crippen LogP contribution in [0.2, 0.25) is 5.02 Å². The Hall–Kier alpha value is -3.44. The molecule has 0 spiro atoms. The van der Waals surface area contributed by atoms with Crippen molar-refractivity contribution in [2.45, 2.75) is 17.9 Å². The van der Waals surface area contributed by atoms with Gasteiger partial charge in [-0.05, 0) is 60.5 Å². The first-order valence-corrected chi connectivity index (χ1v) is 13.4. The Morgan fingerprint density at radius 1 is 1.22 bits per heavy atom. The topological polar surface area (TPSA) is 128 Å². The third-order valence-corrected chi connectivity index (χ3v) is 8.35. The highest BCUT2D eigenvalue weighted by Gasteiger charge is 2.36. The number of halogens is 1. The molecule has 2 aromatic carbocycles. The summed E-state index contributed by atoms with van der Waals surface area (Å²) in [7, 11) is -4.10. The molecule has 0 saturated carbocycles. The molecule has 1 amide bonds. The quantitative estimate of drug-likeness (QED) is 0.367. The third-order valence-electron chi connectivity index (χ3n) is 6.16. The summed E-state index contributed by atoms with van der Waals surface area (Å²) in [5.41, 5.74) is 8.70. The van der Waals surface area contributed by atoms with Gasteiger partial charge in [-0.25, -0.2) is 8.42 Å². The van der Waals surface area contributed by atoms with E-state index in [2.05, 4.69) is 9.97 Å². The fourth-order valence-corrected chi connectivity index (χ4v) is 6.37. The number of aromatic amines is 1. The first kappa shape index (κ1) is 25.2. The van der Waals surface area contributed by atoms with Crippen LogP contribution in [-0.2, 0) is 14.8 Å². The molecule has 11 heteroatoms. The Bertz CT molecular complexity index is 1590. The number of hydrogen-bond donors (Lipinski definition) is 2. The van der Waals surface area contributed by atoms with Crippen LogP contribution in [0.5, 0.6) is 5.75 Å². The van der Waals surface area contributed by atoms with Gasteiger partial charge in [0.1, 0.15) is 29.0 Å². The first-order valence-electron chi connectivity index (χ1n) is 11.6. The number of aromatic nitrogens is 2. The number of carbonyl (C=O) groups excluding carboxylic acids is 1. The smallest absolute Gasteiger partial charge is 0.266 e. The lowest BCUT2D eigenvalue weighted by atomic mass is 10.1. The van der Waals surface area contributed by atoms with Gasteiger partial charge in [-0.2, -0.15) is 4.31 Å². The van der Waals surface area contributed by atoms with Gasteiger partial charge in [0.15, 0.2) is 0 Å². The van der Waals surface area contributed by atoms with Gasteiger partial charge in [-0.3, -0.25) is 9.78 Å². The number of primary amides is 1. The predicted molar refractivity (Wildman–Crippen MR) is 140 cm³/mol. The predicted octanol–water partition coefficient (Wildman–Crippen LogP) is 3.76. The van der Waals surface area contributed by atoms with E-state index in [1.54, 1.807) is 18.3 Å². The molecule has 5 rings (SSSR count). The zero-order valence-corrected chi connectivity index (χ0v) is 21.6. The van der Waals surface area contributed by atoms with Crippen molar-refractivity contribution in [3.05, 3.63) is 77.2 Å². The maximum Gasteiger partial charge on any atom is 0.266 e. The minimum atomic E-state index is -4.10. The molecule has 1 fully saturated rings. The first-order chi connectivity index (χ1) is 17.7. The van der Waals surface area contributed by atoms with Gasteiger partial charge >= 0.3 is 0 Å². The van der Waals surface area contributed by atoms with Gasteiger partial charge in [0.05, 0.1) is 6.61 Å². The van der Waals surface area contributed by atoms with Crippen molar-refractivity contribution in [2.24, 2.45) is 5.73 Å². The molecule has 0 unspecified atom stereocenters. The van der Waals surface area contributed by atoms with E-state index in [-0.39, 0.29) is 36.9 Å². The van der Waals surface area contributed by atoms with Crippen LogP contribution in [0.1, 0.15) is 16.2 Å². The summed E-state index contributed by atoms with van der Waals surface area (Å²) in [6.45, 7) is 2.44. The maximum absolute atomic E-state index is 13.7. The number of morpholine rings is 1. The van der Waals surface area contributed by atoms with Gasteiger partial charge in [-0.1, -0.05) is 23.7 Å². The minimum absolute atomic E-state index is 0.0526. The number of amides is 1. The fourth-order valence-electron chi connectivity index (χ4n) is 4.40. The molecule has 0 aliphatic carbocycles. The summed E-state index contributed by atoms with van der Waals surface area (Å²) >= 11 is 6.12. The van der Waals surface area contributed by atoms with E-state index in [1.165, 1.54) is 10.4 Å². The Balaban J connectivity index is 1.35. The molecule has 9 nitrogen and oxygen atoms in total. The fraction of sp³-hybridized carbons (Fsp3) is 0.231. The van der Waals surface area contributed by atoms with Gasteiger partial charge in [0.2, 0.25) is 10.0 Å². The molecule has 37 heavy (non-hydrogen) atoms. The number of H-pyrrole nitrogens is 1. The van der Waals surface area contributed by atoms with Crippen LogP contribution in [0.15, 0.2) is 65.7 Å². The van der Waals surface area contributed by atoms with E-state index in [4.69, 9.17) is 26.8 Å². The number of fused-ring (bicyclic) bond motifs is 1. The molecule has 1 aliphatic heterocycles. The molecular weight excluding hydrogens is 516 g/mol. The average molecular weight is 541 g/mol. The Morgan fingerprint density at radius 3 is 2.81 bits per heavy atom. The number of sulfonamides is 1. The highest BCUT2D eigenvalue weighted by molar-refractivity contribution is 7.89. The molecule has 3 heterocycles. The van der Waals surface area contributed by atoms with Gasteiger partial charge < -0.3 is 20.2 Å². The van der Waals surface area contributed by atoms with Crippen LogP contribution < -0.4 is 10.5 Å². The van der Waals surface area contributed by atoms with Crippen molar-refractivity contribution in [1.82, 2.24) is 14.3 Å². The minimum Gasteiger partial charge on any atom is -0.491 e. The molecule has 0 bridgehead atoms. The monoisotopic (exact) mass is 540 g/mol. The van der Waals surface area contributed by atoms with E-state index in [0.717, 1.165) is 16.8 Å². The second-order valence-electron chi connectivity index (χ2n) is 8.76. The Morgan fingerprint density at radius 2 is 2.03 bits per heavy atom. The molecule has 4 aromatic rings. The van der Waals surface area contributed by atoms with E-state index in [1.807, 2.05) is 43.3 Å². The normalized spacial score (nSPS) is 16.6. The lowest BCUT2D eigenvalue weighted by Crippen LogP contribution is -2.47. The number of hydrogen-bond acceptors (Lipinski definition) is 6. The zero-order chi connectivity index (χ0) is 26.2. The van der Waals surface area contributed by atoms with Crippen LogP contribution in [0.4, 0.5) is 0 Å². The van der Waals surface area contributed by atoms with Crippen molar-refractivity contribution in [3.63, 3.8) is 0 Å². The lowest BCUT2D eigenvalue weighted by molar-refractivity contribution is -0.0249. The van der Waals surface area contributed by atoms with Gasteiger partial charge in [0, 0.05) is 40.9 Å². The number of nitrogens with two attached hydrogens (primary N) is 1. The van der Waals surface area contributed by atoms with Gasteiger partial charge in [0.25, 0.3) is 5.91 Å². The molecule has 1 saturated heterocycles. The molecule has 3 N–H and O–H groups in total. The summed E-state index contributed by atoms with van der Waals surface area (Å²) in [4.78, 5) is 19.0. The van der Waals surface area contributed by atoms with Crippen LogP contribution in [0.3, 0.4) is 0 Å². The number of rotatable bonds is 7. The van der Waals surface area contributed by atoms with E-state index in [9.17, 15) is 13.2 Å². The standard InChI is InChI=1S/C26H25ClN4O5S/c1-16-11-18(7-8-29-16)17-3-2-4-20(12-17)36-15-21-14-31(9-10-35-21)37(33,34)25-22-13-19(27)5-6-23(22)30-24(25)26(28)32/h2-8,11-13,21,30H,9-10,14-15H2,1H3,(H2,28,32)/t21-/m0/s1. The summed E-state index contributed by atoms with van der Waals surface area (Å²) in [6, 6.07) is 16.3. The lowest BCUT2D eigenvalue weighted by Gasteiger charge is -2.32. The van der Waals surface area contributed by atoms with Crippen molar-refractivity contribution in [2.75, 3.05) is 26.3 Å². The second kappa shape index (κ2) is 10.1. The number of ether oxygens (including phenoxy) is 2. The number of nitrogens with one attached hydrogen (secondary N) is 1. The summed E-state index contributed by atoms with van der Waals surface area (Å²) in [5.74, 6) is -0.235. The van der Waals surface area contributed by atoms with Crippen molar-refractivity contribution < 1.29 is 22.7 Å². The van der Waals surface area contributed by atoms with E-state index < -0.39 is 22.0 Å². The molecule has 1 aliphatic rings. The molecule has 2 aromatic heterocycles. The molecule has 192 valence electrons. The SMILES string of the molecule is Cc1cc(-c2cccc(OC[C@@H]3CN(S(=O)(=O)c4c(C(N)=O)[nH]c5ccc(Cl)cc45)CCO3)c2)ccn1. The number of pyridine rings is 1. The summed E-state index contributed by atoms with van der Waals surface area (Å²) in [5, 5.41) is 0.653. The van der Waals surface area contributed by atoms with Crippen molar-refractivity contribution in [1.29, 1.82) is 0 Å². The number of carbonyl (C=O) groups is 1. The average Bonchev–Trinajstić information content (AvgIpc) is 3.28. The molecular formula is C26H25ClN4O5S. The van der Waals surface area contributed by atoms with E-state index >= 15 is 0 Å². The Kier molecular flexibility index (Phi) is 6.91. The highest BCUT2D eigenvalue weighted by atomic mass is 35.5. The zero-order valence-electron chi connectivity index (χ0n) is 20.0. The van der Waals surface area contributed by atoms with Crippen LogP contribution in [0, 0.1) is 6.92 Å². The molecule has 1 atom stereocenters. The van der Waals surface area contributed by atoms with Crippen LogP contribution >= 0.6 is 11.6 Å². The third kappa shape index (κ3) is 5.19.